The number of carbonyl (C=O) groups is 1. The largest absolute Gasteiger partial charge is 0.354 e. The fourth-order valence-electron chi connectivity index (χ4n) is 2.17. The zero-order chi connectivity index (χ0) is 16.9. The molecule has 3 aromatic rings. The van der Waals surface area contributed by atoms with Crippen LogP contribution in [0.1, 0.15) is 15.9 Å². The highest BCUT2D eigenvalue weighted by Crippen LogP contribution is 2.19. The van der Waals surface area contributed by atoms with Crippen molar-refractivity contribution in [1.29, 1.82) is 0 Å². The fraction of sp³-hybridized carbons (Fsp3) is 0.0526. The molecule has 0 aliphatic rings. The normalized spacial score (nSPS) is 10.2. The molecule has 0 spiro atoms. The number of aromatic nitrogens is 1. The van der Waals surface area contributed by atoms with Crippen molar-refractivity contribution in [3.8, 4) is 0 Å². The molecule has 0 atom stereocenters. The number of nitrogens with one attached hydrogen (secondary N) is 2. The monoisotopic (exact) mass is 381 g/mol. The number of rotatable bonds is 4. The van der Waals surface area contributed by atoms with Gasteiger partial charge >= 0.3 is 0 Å². The summed E-state index contributed by atoms with van der Waals surface area (Å²) in [6, 6.07) is 17.2. The Balaban J connectivity index is 1.73. The van der Waals surface area contributed by atoms with Crippen LogP contribution in [0, 0.1) is 6.92 Å². The molecule has 2 N–H and O–H groups in total. The molecular weight excluding hydrogens is 366 g/mol. The fourth-order valence-corrected chi connectivity index (χ4v) is 2.44. The first-order valence-corrected chi connectivity index (χ1v) is 8.25. The van der Waals surface area contributed by atoms with Crippen molar-refractivity contribution in [1.82, 2.24) is 4.98 Å². The first-order chi connectivity index (χ1) is 11.6. The van der Waals surface area contributed by atoms with Gasteiger partial charge in [0.25, 0.3) is 5.91 Å². The smallest absolute Gasteiger partial charge is 0.257 e. The van der Waals surface area contributed by atoms with Crippen LogP contribution < -0.4 is 10.6 Å². The van der Waals surface area contributed by atoms with Crippen LogP contribution >= 0.6 is 15.9 Å². The summed E-state index contributed by atoms with van der Waals surface area (Å²) in [5.74, 6) is -0.197. The van der Waals surface area contributed by atoms with Crippen LogP contribution in [0.25, 0.3) is 0 Å². The quantitative estimate of drug-likeness (QED) is 0.656. The van der Waals surface area contributed by atoms with Gasteiger partial charge in [0.05, 0.1) is 17.4 Å². The Morgan fingerprint density at radius 3 is 2.29 bits per heavy atom. The molecule has 120 valence electrons. The first kappa shape index (κ1) is 16.2. The first-order valence-electron chi connectivity index (χ1n) is 7.46. The van der Waals surface area contributed by atoms with E-state index in [2.05, 4.69) is 31.5 Å². The minimum Gasteiger partial charge on any atom is -0.354 e. The molecule has 3 rings (SSSR count). The van der Waals surface area contributed by atoms with Crippen molar-refractivity contribution in [2.75, 3.05) is 10.6 Å². The molecular formula is C19H16BrN3O. The van der Waals surface area contributed by atoms with Crippen LogP contribution in [-0.2, 0) is 0 Å². The number of amides is 1. The van der Waals surface area contributed by atoms with E-state index in [1.54, 1.807) is 18.5 Å². The van der Waals surface area contributed by atoms with Crippen molar-refractivity contribution in [3.63, 3.8) is 0 Å². The Kier molecular flexibility index (Phi) is 4.91. The zero-order valence-electron chi connectivity index (χ0n) is 13.1. The number of anilines is 3. The van der Waals surface area contributed by atoms with Crippen LogP contribution in [0.2, 0.25) is 0 Å². The minimum atomic E-state index is -0.197. The van der Waals surface area contributed by atoms with Crippen LogP contribution in [-0.4, -0.2) is 10.9 Å². The summed E-state index contributed by atoms with van der Waals surface area (Å²) in [5, 5.41) is 6.11. The number of hydrogen-bond acceptors (Lipinski definition) is 3. The van der Waals surface area contributed by atoms with Gasteiger partial charge in [0, 0.05) is 22.0 Å². The van der Waals surface area contributed by atoms with E-state index in [9.17, 15) is 4.79 Å². The Morgan fingerprint density at radius 1 is 0.917 bits per heavy atom. The van der Waals surface area contributed by atoms with Gasteiger partial charge in [-0.3, -0.25) is 9.78 Å². The second kappa shape index (κ2) is 7.27. The van der Waals surface area contributed by atoms with E-state index < -0.39 is 0 Å². The number of benzene rings is 2. The SMILES string of the molecule is Cc1ccc(Nc2cncc(C(=O)Nc3ccc(Br)cc3)c2)cc1. The highest BCUT2D eigenvalue weighted by atomic mass is 79.9. The lowest BCUT2D eigenvalue weighted by atomic mass is 10.2. The van der Waals surface area contributed by atoms with Crippen molar-refractivity contribution in [2.24, 2.45) is 0 Å². The molecule has 24 heavy (non-hydrogen) atoms. The molecule has 2 aromatic carbocycles. The number of aryl methyl sites for hydroxylation is 1. The summed E-state index contributed by atoms with van der Waals surface area (Å²) in [6.07, 6.45) is 3.24. The maximum Gasteiger partial charge on any atom is 0.257 e. The second-order valence-corrected chi connectivity index (χ2v) is 6.33. The summed E-state index contributed by atoms with van der Waals surface area (Å²) in [5.41, 5.74) is 4.15. The van der Waals surface area contributed by atoms with E-state index in [0.717, 1.165) is 21.5 Å². The molecule has 5 heteroatoms. The van der Waals surface area contributed by atoms with Gasteiger partial charge in [-0.05, 0) is 49.4 Å². The van der Waals surface area contributed by atoms with E-state index in [4.69, 9.17) is 0 Å². The van der Waals surface area contributed by atoms with Gasteiger partial charge in [-0.1, -0.05) is 33.6 Å². The number of carbonyl (C=O) groups excluding carboxylic acids is 1. The maximum atomic E-state index is 12.4. The van der Waals surface area contributed by atoms with Crippen LogP contribution in [0.15, 0.2) is 71.5 Å². The molecule has 0 bridgehead atoms. The van der Waals surface area contributed by atoms with Gasteiger partial charge in [0.1, 0.15) is 0 Å². The summed E-state index contributed by atoms with van der Waals surface area (Å²) in [7, 11) is 0. The molecule has 1 amide bonds. The van der Waals surface area contributed by atoms with Gasteiger partial charge in [-0.25, -0.2) is 0 Å². The highest BCUT2D eigenvalue weighted by molar-refractivity contribution is 9.10. The summed E-state index contributed by atoms with van der Waals surface area (Å²) in [4.78, 5) is 16.5. The average molecular weight is 382 g/mol. The lowest BCUT2D eigenvalue weighted by Gasteiger charge is -2.09. The third kappa shape index (κ3) is 4.20. The van der Waals surface area contributed by atoms with Crippen LogP contribution in [0.4, 0.5) is 17.1 Å². The molecule has 0 radical (unpaired) electrons. The molecule has 1 heterocycles. The Morgan fingerprint density at radius 2 is 1.58 bits per heavy atom. The standard InChI is InChI=1S/C19H16BrN3O/c1-13-2-6-16(7-3-13)22-18-10-14(11-21-12-18)19(24)23-17-8-4-15(20)5-9-17/h2-12,22H,1H3,(H,23,24). The van der Waals surface area contributed by atoms with Gasteiger partial charge in [-0.2, -0.15) is 0 Å². The summed E-state index contributed by atoms with van der Waals surface area (Å²) >= 11 is 3.37. The van der Waals surface area contributed by atoms with Crippen LogP contribution in [0.5, 0.6) is 0 Å². The van der Waals surface area contributed by atoms with Gasteiger partial charge in [0.2, 0.25) is 0 Å². The lowest BCUT2D eigenvalue weighted by molar-refractivity contribution is 0.102. The number of halogens is 1. The number of pyridine rings is 1. The lowest BCUT2D eigenvalue weighted by Crippen LogP contribution is -2.12. The molecule has 0 unspecified atom stereocenters. The zero-order valence-corrected chi connectivity index (χ0v) is 14.7. The third-order valence-electron chi connectivity index (χ3n) is 3.44. The summed E-state index contributed by atoms with van der Waals surface area (Å²) in [6.45, 7) is 2.04. The minimum absolute atomic E-state index is 0.197. The van der Waals surface area contributed by atoms with Gasteiger partial charge in [0.15, 0.2) is 0 Å². The Bertz CT molecular complexity index is 845. The topological polar surface area (TPSA) is 54.0 Å². The number of hydrogen-bond donors (Lipinski definition) is 2. The predicted molar refractivity (Wildman–Crippen MR) is 101 cm³/mol. The second-order valence-electron chi connectivity index (χ2n) is 5.41. The van der Waals surface area contributed by atoms with Gasteiger partial charge < -0.3 is 10.6 Å². The van der Waals surface area contributed by atoms with E-state index in [0.29, 0.717) is 5.56 Å². The molecule has 0 saturated heterocycles. The highest BCUT2D eigenvalue weighted by Gasteiger charge is 2.08. The van der Waals surface area contributed by atoms with E-state index in [-0.39, 0.29) is 5.91 Å². The van der Waals surface area contributed by atoms with E-state index >= 15 is 0 Å². The predicted octanol–water partition coefficient (Wildman–Crippen LogP) is 5.15. The van der Waals surface area contributed by atoms with E-state index in [1.165, 1.54) is 5.56 Å². The van der Waals surface area contributed by atoms with Crippen LogP contribution in [0.3, 0.4) is 0 Å². The molecule has 0 fully saturated rings. The third-order valence-corrected chi connectivity index (χ3v) is 3.97. The van der Waals surface area contributed by atoms with Gasteiger partial charge in [-0.15, -0.1) is 0 Å². The average Bonchev–Trinajstić information content (AvgIpc) is 2.59. The number of nitrogens with zero attached hydrogens (tertiary/aromatic N) is 1. The van der Waals surface area contributed by atoms with Crippen molar-refractivity contribution >= 4 is 38.9 Å². The molecule has 0 aliphatic carbocycles. The van der Waals surface area contributed by atoms with Crippen molar-refractivity contribution in [3.05, 3.63) is 82.6 Å². The maximum absolute atomic E-state index is 12.4. The molecule has 1 aromatic heterocycles. The van der Waals surface area contributed by atoms with Crippen molar-refractivity contribution < 1.29 is 4.79 Å². The Hall–Kier alpha value is -2.66. The Labute approximate surface area is 149 Å². The molecule has 0 aliphatic heterocycles. The van der Waals surface area contributed by atoms with E-state index in [1.807, 2.05) is 55.5 Å². The summed E-state index contributed by atoms with van der Waals surface area (Å²) < 4.78 is 0.964. The molecule has 4 nitrogen and oxygen atoms in total. The molecule has 0 saturated carbocycles. The van der Waals surface area contributed by atoms with Crippen molar-refractivity contribution in [2.45, 2.75) is 6.92 Å².